The monoisotopic (exact) mass is 426 g/mol. The van der Waals surface area contributed by atoms with Crippen molar-refractivity contribution in [1.82, 2.24) is 9.97 Å². The molecule has 5 aromatic rings. The fraction of sp³-hybridized carbons (Fsp3) is 0. The van der Waals surface area contributed by atoms with Gasteiger partial charge in [0.2, 0.25) is 0 Å². The molecule has 0 unspecified atom stereocenters. The average molecular weight is 426 g/mol. The van der Waals surface area contributed by atoms with Gasteiger partial charge in [0.15, 0.2) is 0 Å². The lowest BCUT2D eigenvalue weighted by atomic mass is 10.1. The molecule has 0 N–H and O–H groups in total. The van der Waals surface area contributed by atoms with Crippen molar-refractivity contribution >= 4 is 28.3 Å². The van der Waals surface area contributed by atoms with Crippen molar-refractivity contribution in [2.24, 2.45) is 0 Å². The highest BCUT2D eigenvalue weighted by Gasteiger charge is 2.14. The second-order valence-corrected chi connectivity index (χ2v) is 7.53. The molecule has 31 heavy (non-hydrogen) atoms. The highest BCUT2D eigenvalue weighted by molar-refractivity contribution is 7.13. The van der Waals surface area contributed by atoms with Crippen molar-refractivity contribution in [3.05, 3.63) is 100 Å². The summed E-state index contributed by atoms with van der Waals surface area (Å²) in [7, 11) is 0. The highest BCUT2D eigenvalue weighted by atomic mass is 32.1. The summed E-state index contributed by atoms with van der Waals surface area (Å²) < 4.78 is 10.9. The van der Waals surface area contributed by atoms with Crippen LogP contribution in [0.3, 0.4) is 0 Å². The molecular weight excluding hydrogens is 412 g/mol. The van der Waals surface area contributed by atoms with Gasteiger partial charge in [0.1, 0.15) is 16.3 Å². The summed E-state index contributed by atoms with van der Waals surface area (Å²) in [5, 5.41) is 3.20. The number of fused-ring (bicyclic) bond motifs is 1. The molecule has 0 saturated heterocycles. The number of esters is 1. The van der Waals surface area contributed by atoms with Gasteiger partial charge in [-0.25, -0.2) is 14.6 Å². The highest BCUT2D eigenvalue weighted by Crippen LogP contribution is 2.29. The zero-order chi connectivity index (χ0) is 21.2. The van der Waals surface area contributed by atoms with Crippen LogP contribution in [0.2, 0.25) is 0 Å². The van der Waals surface area contributed by atoms with Gasteiger partial charge in [0.05, 0.1) is 16.8 Å². The number of carbonyl (C=O) groups excluding carboxylic acids is 1. The smallest absolute Gasteiger partial charge is 0.346 e. The van der Waals surface area contributed by atoms with E-state index in [2.05, 4.69) is 9.97 Å². The topological polar surface area (TPSA) is 82.3 Å². The van der Waals surface area contributed by atoms with Crippen molar-refractivity contribution < 1.29 is 13.9 Å². The Morgan fingerprint density at radius 2 is 1.77 bits per heavy atom. The Bertz CT molecular complexity index is 1440. The van der Waals surface area contributed by atoms with Gasteiger partial charge in [-0.1, -0.05) is 30.3 Å². The van der Waals surface area contributed by atoms with Crippen LogP contribution < -0.4 is 10.4 Å². The summed E-state index contributed by atoms with van der Waals surface area (Å²) in [6.45, 7) is 0. The molecule has 0 atom stereocenters. The molecule has 0 aliphatic heterocycles. The molecule has 2 aromatic carbocycles. The molecule has 5 rings (SSSR count). The van der Waals surface area contributed by atoms with E-state index in [1.807, 2.05) is 35.7 Å². The Kier molecular flexibility index (Phi) is 4.86. The molecule has 6 nitrogen and oxygen atoms in total. The van der Waals surface area contributed by atoms with E-state index < -0.39 is 11.6 Å². The molecule has 0 aliphatic carbocycles. The van der Waals surface area contributed by atoms with Gasteiger partial charge >= 0.3 is 11.6 Å². The van der Waals surface area contributed by atoms with Gasteiger partial charge in [-0.2, -0.15) is 0 Å². The third-order valence-corrected chi connectivity index (χ3v) is 5.51. The van der Waals surface area contributed by atoms with Gasteiger partial charge < -0.3 is 9.15 Å². The maximum Gasteiger partial charge on any atom is 0.346 e. The molecule has 0 aliphatic rings. The summed E-state index contributed by atoms with van der Waals surface area (Å²) in [6, 6.07) is 19.5. The first-order valence-electron chi connectivity index (χ1n) is 9.39. The maximum absolute atomic E-state index is 12.6. The molecule has 0 amide bonds. The van der Waals surface area contributed by atoms with Gasteiger partial charge in [-0.05, 0) is 30.3 Å². The molecule has 0 bridgehead atoms. The van der Waals surface area contributed by atoms with Crippen LogP contribution in [0, 0.1) is 0 Å². The molecular formula is C24H14N2O4S. The van der Waals surface area contributed by atoms with E-state index in [-0.39, 0.29) is 5.75 Å². The van der Waals surface area contributed by atoms with E-state index >= 15 is 0 Å². The number of thiazole rings is 1. The zero-order valence-electron chi connectivity index (χ0n) is 16.0. The Morgan fingerprint density at radius 1 is 0.968 bits per heavy atom. The van der Waals surface area contributed by atoms with Crippen molar-refractivity contribution in [1.29, 1.82) is 0 Å². The number of hydrogen-bond donors (Lipinski definition) is 0. The van der Waals surface area contributed by atoms with Gasteiger partial charge in [0, 0.05) is 34.8 Å². The van der Waals surface area contributed by atoms with E-state index in [0.29, 0.717) is 27.1 Å². The van der Waals surface area contributed by atoms with E-state index in [1.165, 1.54) is 29.8 Å². The van der Waals surface area contributed by atoms with E-state index in [0.717, 1.165) is 11.3 Å². The molecule has 0 spiro atoms. The standard InChI is InChI=1S/C24H14N2O4S/c27-23(16-8-10-25-11-9-16)29-18-7-6-17-12-19(24(28)30-21(17)13-18)22-26-20(14-31-22)15-4-2-1-3-5-15/h1-14H. The number of rotatable bonds is 4. The van der Waals surface area contributed by atoms with E-state index in [9.17, 15) is 9.59 Å². The lowest BCUT2D eigenvalue weighted by Crippen LogP contribution is -2.08. The van der Waals surface area contributed by atoms with Crippen molar-refractivity contribution in [2.45, 2.75) is 0 Å². The predicted octanol–water partition coefficient (Wildman–Crippen LogP) is 5.20. The number of nitrogens with zero attached hydrogens (tertiary/aromatic N) is 2. The number of hydrogen-bond acceptors (Lipinski definition) is 7. The zero-order valence-corrected chi connectivity index (χ0v) is 16.8. The van der Waals surface area contributed by atoms with Gasteiger partial charge in [-0.15, -0.1) is 11.3 Å². The molecule has 0 fully saturated rings. The molecule has 0 radical (unpaired) electrons. The molecule has 150 valence electrons. The fourth-order valence-corrected chi connectivity index (χ4v) is 3.93. The Balaban J connectivity index is 1.45. The van der Waals surface area contributed by atoms with Gasteiger partial charge in [0.25, 0.3) is 0 Å². The Hall–Kier alpha value is -4.10. The average Bonchev–Trinajstić information content (AvgIpc) is 3.30. The first-order chi connectivity index (χ1) is 15.2. The van der Waals surface area contributed by atoms with Crippen LogP contribution in [0.25, 0.3) is 32.8 Å². The van der Waals surface area contributed by atoms with Crippen LogP contribution in [-0.2, 0) is 0 Å². The van der Waals surface area contributed by atoms with Crippen molar-refractivity contribution in [2.75, 3.05) is 0 Å². The normalized spacial score (nSPS) is 10.8. The fourth-order valence-electron chi connectivity index (χ4n) is 3.10. The second kappa shape index (κ2) is 7.97. The van der Waals surface area contributed by atoms with Crippen LogP contribution in [0.1, 0.15) is 10.4 Å². The second-order valence-electron chi connectivity index (χ2n) is 6.68. The van der Waals surface area contributed by atoms with Crippen LogP contribution in [-0.4, -0.2) is 15.9 Å². The minimum atomic E-state index is -0.517. The summed E-state index contributed by atoms with van der Waals surface area (Å²) in [5.41, 5.74) is 2.38. The Morgan fingerprint density at radius 3 is 2.58 bits per heavy atom. The first-order valence-corrected chi connectivity index (χ1v) is 10.3. The Labute approximate surface area is 180 Å². The summed E-state index contributed by atoms with van der Waals surface area (Å²) in [6.07, 6.45) is 3.03. The summed E-state index contributed by atoms with van der Waals surface area (Å²) in [4.78, 5) is 33.3. The first kappa shape index (κ1) is 18.9. The van der Waals surface area contributed by atoms with Crippen LogP contribution in [0.15, 0.2) is 93.7 Å². The summed E-state index contributed by atoms with van der Waals surface area (Å²) >= 11 is 1.38. The third-order valence-electron chi connectivity index (χ3n) is 4.64. The SMILES string of the molecule is O=C(Oc1ccc2cc(-c3nc(-c4ccccc4)cs3)c(=O)oc2c1)c1ccncc1. The quantitative estimate of drug-likeness (QED) is 0.223. The van der Waals surface area contributed by atoms with Crippen molar-refractivity contribution in [3.63, 3.8) is 0 Å². The third kappa shape index (κ3) is 3.86. The largest absolute Gasteiger partial charge is 0.423 e. The number of pyridine rings is 1. The van der Waals surface area contributed by atoms with E-state index in [4.69, 9.17) is 9.15 Å². The molecule has 7 heteroatoms. The predicted molar refractivity (Wildman–Crippen MR) is 118 cm³/mol. The van der Waals surface area contributed by atoms with Crippen LogP contribution in [0.4, 0.5) is 0 Å². The number of ether oxygens (including phenoxy) is 1. The summed E-state index contributed by atoms with van der Waals surface area (Å²) in [5.74, 6) is -0.234. The minimum Gasteiger partial charge on any atom is -0.423 e. The minimum absolute atomic E-state index is 0.283. The maximum atomic E-state index is 12.6. The van der Waals surface area contributed by atoms with E-state index in [1.54, 1.807) is 30.3 Å². The number of carbonyl (C=O) groups is 1. The number of aromatic nitrogens is 2. The molecule has 3 heterocycles. The lowest BCUT2D eigenvalue weighted by molar-refractivity contribution is 0.0735. The number of benzene rings is 2. The van der Waals surface area contributed by atoms with Gasteiger partial charge in [-0.3, -0.25) is 4.98 Å². The van der Waals surface area contributed by atoms with Crippen molar-refractivity contribution in [3.8, 4) is 27.6 Å². The van der Waals surface area contributed by atoms with Crippen LogP contribution >= 0.6 is 11.3 Å². The molecule has 3 aromatic heterocycles. The van der Waals surface area contributed by atoms with Crippen LogP contribution in [0.5, 0.6) is 5.75 Å². The lowest BCUT2D eigenvalue weighted by Gasteiger charge is -2.05. The molecule has 0 saturated carbocycles.